The third kappa shape index (κ3) is 5.14. The highest BCUT2D eigenvalue weighted by molar-refractivity contribution is 7.14. The summed E-state index contributed by atoms with van der Waals surface area (Å²) < 4.78 is 0. The molecule has 1 aromatic carbocycles. The lowest BCUT2D eigenvalue weighted by molar-refractivity contribution is 0.0952. The largest absolute Gasteiger partial charge is 0.350 e. The number of carbonyl (C=O) groups is 2. The standard InChI is InChI=1S/C19H25N3O2S/c1-12(2)14-5-7-15(8-6-14)17(23)22-19-16(9-10-25-19)18(24)21-11-13(3)20-4/h5-10,12-13,20H,11H2,1-4H3,(H,21,24)(H,22,23). The minimum Gasteiger partial charge on any atom is -0.350 e. The third-order valence-electron chi connectivity index (χ3n) is 4.04. The Morgan fingerprint density at radius 1 is 1.04 bits per heavy atom. The van der Waals surface area contributed by atoms with Gasteiger partial charge in [0.1, 0.15) is 5.00 Å². The molecule has 1 aromatic heterocycles. The van der Waals surface area contributed by atoms with Crippen molar-refractivity contribution in [1.82, 2.24) is 10.6 Å². The van der Waals surface area contributed by atoms with Gasteiger partial charge in [-0.3, -0.25) is 9.59 Å². The number of anilines is 1. The number of benzene rings is 1. The summed E-state index contributed by atoms with van der Waals surface area (Å²) in [5.74, 6) is 0.0221. The molecule has 6 heteroatoms. The summed E-state index contributed by atoms with van der Waals surface area (Å²) in [7, 11) is 1.84. The first kappa shape index (κ1) is 19.1. The summed E-state index contributed by atoms with van der Waals surface area (Å²) in [5, 5.41) is 11.1. The number of carbonyl (C=O) groups excluding carboxylic acids is 2. The summed E-state index contributed by atoms with van der Waals surface area (Å²) in [6.07, 6.45) is 0. The molecule has 3 N–H and O–H groups in total. The molecule has 0 radical (unpaired) electrons. The Bertz CT molecular complexity index is 723. The van der Waals surface area contributed by atoms with Gasteiger partial charge in [-0.15, -0.1) is 11.3 Å². The molecule has 0 aliphatic rings. The molecule has 5 nitrogen and oxygen atoms in total. The van der Waals surface area contributed by atoms with Crippen LogP contribution in [0.2, 0.25) is 0 Å². The maximum absolute atomic E-state index is 12.4. The van der Waals surface area contributed by atoms with Crippen LogP contribution in [0.4, 0.5) is 5.00 Å². The lowest BCUT2D eigenvalue weighted by Gasteiger charge is -2.12. The molecule has 134 valence electrons. The second-order valence-electron chi connectivity index (χ2n) is 6.29. The quantitative estimate of drug-likeness (QED) is 0.709. The van der Waals surface area contributed by atoms with Gasteiger partial charge < -0.3 is 16.0 Å². The van der Waals surface area contributed by atoms with E-state index in [1.165, 1.54) is 16.9 Å². The van der Waals surface area contributed by atoms with Gasteiger partial charge in [-0.05, 0) is 49.0 Å². The normalized spacial score (nSPS) is 12.0. The Morgan fingerprint density at radius 3 is 2.32 bits per heavy atom. The lowest BCUT2D eigenvalue weighted by Crippen LogP contribution is -2.37. The van der Waals surface area contributed by atoms with Gasteiger partial charge in [-0.2, -0.15) is 0 Å². The monoisotopic (exact) mass is 359 g/mol. The van der Waals surface area contributed by atoms with E-state index in [2.05, 4.69) is 29.8 Å². The van der Waals surface area contributed by atoms with Gasteiger partial charge in [0, 0.05) is 18.2 Å². The predicted molar refractivity (Wildman–Crippen MR) is 104 cm³/mol. The zero-order valence-electron chi connectivity index (χ0n) is 15.1. The zero-order chi connectivity index (χ0) is 18.4. The average Bonchev–Trinajstić information content (AvgIpc) is 3.07. The fourth-order valence-electron chi connectivity index (χ4n) is 2.22. The lowest BCUT2D eigenvalue weighted by atomic mass is 10.0. The van der Waals surface area contributed by atoms with E-state index in [-0.39, 0.29) is 17.9 Å². The van der Waals surface area contributed by atoms with Crippen molar-refractivity contribution in [2.75, 3.05) is 18.9 Å². The molecule has 0 saturated carbocycles. The van der Waals surface area contributed by atoms with E-state index < -0.39 is 0 Å². The van der Waals surface area contributed by atoms with Crippen molar-refractivity contribution in [1.29, 1.82) is 0 Å². The molecule has 2 aromatic rings. The topological polar surface area (TPSA) is 70.2 Å². The van der Waals surface area contributed by atoms with Gasteiger partial charge in [0.2, 0.25) is 0 Å². The smallest absolute Gasteiger partial charge is 0.256 e. The second kappa shape index (κ2) is 8.78. The summed E-state index contributed by atoms with van der Waals surface area (Å²) >= 11 is 1.34. The van der Waals surface area contributed by atoms with Gasteiger partial charge in [0.15, 0.2) is 0 Å². The maximum atomic E-state index is 12.4. The van der Waals surface area contributed by atoms with Crippen molar-refractivity contribution in [2.45, 2.75) is 32.7 Å². The molecule has 2 rings (SSSR count). The number of hydrogen-bond acceptors (Lipinski definition) is 4. The summed E-state index contributed by atoms with van der Waals surface area (Å²) in [4.78, 5) is 24.7. The minimum atomic E-state index is -0.213. The molecular weight excluding hydrogens is 334 g/mol. The van der Waals surface area contributed by atoms with Crippen molar-refractivity contribution < 1.29 is 9.59 Å². The number of likely N-dealkylation sites (N-methyl/N-ethyl adjacent to an activating group) is 1. The fourth-order valence-corrected chi connectivity index (χ4v) is 3.00. The second-order valence-corrected chi connectivity index (χ2v) is 7.21. The van der Waals surface area contributed by atoms with Crippen molar-refractivity contribution in [3.05, 3.63) is 52.4 Å². The molecule has 0 fully saturated rings. The van der Waals surface area contributed by atoms with Crippen molar-refractivity contribution in [3.8, 4) is 0 Å². The van der Waals surface area contributed by atoms with E-state index in [9.17, 15) is 9.59 Å². The highest BCUT2D eigenvalue weighted by atomic mass is 32.1. The summed E-state index contributed by atoms with van der Waals surface area (Å²) in [6, 6.07) is 9.45. The first-order valence-corrected chi connectivity index (χ1v) is 9.24. The highest BCUT2D eigenvalue weighted by Gasteiger charge is 2.16. The predicted octanol–water partition coefficient (Wildman–Crippen LogP) is 3.46. The molecule has 0 spiro atoms. The van der Waals surface area contributed by atoms with Crippen LogP contribution in [-0.4, -0.2) is 31.4 Å². The Hall–Kier alpha value is -2.18. The zero-order valence-corrected chi connectivity index (χ0v) is 15.9. The minimum absolute atomic E-state index is 0.181. The van der Waals surface area contributed by atoms with Gasteiger partial charge >= 0.3 is 0 Å². The number of amides is 2. The molecule has 1 heterocycles. The first-order chi connectivity index (χ1) is 11.9. The molecule has 25 heavy (non-hydrogen) atoms. The van der Waals surface area contributed by atoms with Crippen LogP contribution in [-0.2, 0) is 0 Å². The first-order valence-electron chi connectivity index (χ1n) is 8.36. The summed E-state index contributed by atoms with van der Waals surface area (Å²) in [5.41, 5.74) is 2.25. The molecule has 0 aliphatic carbocycles. The van der Waals surface area contributed by atoms with Gasteiger partial charge in [0.05, 0.1) is 5.56 Å². The Kier molecular flexibility index (Phi) is 6.73. The van der Waals surface area contributed by atoms with Crippen LogP contribution in [0, 0.1) is 0 Å². The van der Waals surface area contributed by atoms with Gasteiger partial charge in [-0.25, -0.2) is 0 Å². The van der Waals surface area contributed by atoms with Gasteiger partial charge in [0.25, 0.3) is 11.8 Å². The van der Waals surface area contributed by atoms with Crippen LogP contribution in [0.3, 0.4) is 0 Å². The van der Waals surface area contributed by atoms with Crippen LogP contribution in [0.1, 0.15) is 53.0 Å². The van der Waals surface area contributed by atoms with Crippen LogP contribution < -0.4 is 16.0 Å². The van der Waals surface area contributed by atoms with Crippen LogP contribution in [0.25, 0.3) is 0 Å². The van der Waals surface area contributed by atoms with E-state index >= 15 is 0 Å². The molecule has 2 amide bonds. The molecule has 0 saturated heterocycles. The number of nitrogens with one attached hydrogen (secondary N) is 3. The van der Waals surface area contributed by atoms with Crippen molar-refractivity contribution >= 4 is 28.2 Å². The van der Waals surface area contributed by atoms with E-state index in [0.29, 0.717) is 28.6 Å². The third-order valence-corrected chi connectivity index (χ3v) is 4.87. The SMILES string of the molecule is CNC(C)CNC(=O)c1ccsc1NC(=O)c1ccc(C(C)C)cc1. The van der Waals surface area contributed by atoms with E-state index in [1.54, 1.807) is 11.4 Å². The molecule has 1 atom stereocenters. The van der Waals surface area contributed by atoms with Crippen LogP contribution in [0.5, 0.6) is 0 Å². The molecular formula is C19H25N3O2S. The number of thiophene rings is 1. The fraction of sp³-hybridized carbons (Fsp3) is 0.368. The van der Waals surface area contributed by atoms with Crippen molar-refractivity contribution in [3.63, 3.8) is 0 Å². The molecule has 0 aliphatic heterocycles. The van der Waals surface area contributed by atoms with E-state index in [4.69, 9.17) is 0 Å². The summed E-state index contributed by atoms with van der Waals surface area (Å²) in [6.45, 7) is 6.73. The Balaban J connectivity index is 2.04. The Labute approximate surface area is 152 Å². The van der Waals surface area contributed by atoms with Crippen LogP contribution >= 0.6 is 11.3 Å². The van der Waals surface area contributed by atoms with Gasteiger partial charge in [-0.1, -0.05) is 26.0 Å². The van der Waals surface area contributed by atoms with E-state index in [1.807, 2.05) is 38.2 Å². The Morgan fingerprint density at radius 2 is 1.72 bits per heavy atom. The van der Waals surface area contributed by atoms with Crippen molar-refractivity contribution in [2.24, 2.45) is 0 Å². The maximum Gasteiger partial charge on any atom is 0.256 e. The average molecular weight is 359 g/mol. The highest BCUT2D eigenvalue weighted by Crippen LogP contribution is 2.24. The number of hydrogen-bond donors (Lipinski definition) is 3. The van der Waals surface area contributed by atoms with Crippen LogP contribution in [0.15, 0.2) is 35.7 Å². The molecule has 0 bridgehead atoms. The van der Waals surface area contributed by atoms with E-state index in [0.717, 1.165) is 0 Å². The number of rotatable bonds is 7. The molecule has 1 unspecified atom stereocenters.